The van der Waals surface area contributed by atoms with Gasteiger partial charge in [0.05, 0.1) is 20.5 Å². The van der Waals surface area contributed by atoms with E-state index in [4.69, 9.17) is 16.7 Å². The summed E-state index contributed by atoms with van der Waals surface area (Å²) in [5.74, 6) is -1.93. The number of aromatic carboxylic acids is 1. The lowest BCUT2D eigenvalue weighted by Gasteiger charge is -2.02. The molecule has 0 aliphatic heterocycles. The molecule has 0 amide bonds. The van der Waals surface area contributed by atoms with Crippen molar-refractivity contribution < 1.29 is 19.2 Å². The van der Waals surface area contributed by atoms with Gasteiger partial charge < -0.3 is 5.11 Å². The lowest BCUT2D eigenvalue weighted by molar-refractivity contribution is -0.387. The Morgan fingerprint density at radius 1 is 1.57 bits per heavy atom. The summed E-state index contributed by atoms with van der Waals surface area (Å²) in [4.78, 5) is 25.3. The number of hydrogen-bond acceptors (Lipinski definition) is 6. The first kappa shape index (κ1) is 15.7. The smallest absolute Gasteiger partial charge is 0.347 e. The molecule has 0 aliphatic carbocycles. The Morgan fingerprint density at radius 2 is 2.24 bits per heavy atom. The van der Waals surface area contributed by atoms with E-state index in [0.29, 0.717) is 5.69 Å². The number of benzene rings is 1. The zero-order chi connectivity index (χ0) is 15.7. The van der Waals surface area contributed by atoms with Crippen LogP contribution < -0.4 is 0 Å². The molecule has 1 aromatic carbocycles. The SMILES string of the molecule is Cc1nc(Sc2cc(F)c(Cl)cc2[N+](=O)[O-])sc1C(=O)O. The topological polar surface area (TPSA) is 93.3 Å². The minimum Gasteiger partial charge on any atom is -0.477 e. The lowest BCUT2D eigenvalue weighted by Crippen LogP contribution is -1.94. The highest BCUT2D eigenvalue weighted by Crippen LogP contribution is 2.39. The van der Waals surface area contributed by atoms with Gasteiger partial charge in [-0.3, -0.25) is 10.1 Å². The molecule has 0 aliphatic rings. The van der Waals surface area contributed by atoms with Crippen LogP contribution in [0.2, 0.25) is 5.02 Å². The second kappa shape index (κ2) is 5.96. The van der Waals surface area contributed by atoms with Crippen molar-refractivity contribution in [2.24, 2.45) is 0 Å². The van der Waals surface area contributed by atoms with Crippen molar-refractivity contribution >= 4 is 46.4 Å². The van der Waals surface area contributed by atoms with Crippen LogP contribution in [0, 0.1) is 22.9 Å². The predicted molar refractivity (Wildman–Crippen MR) is 76.0 cm³/mol. The maximum Gasteiger partial charge on any atom is 0.347 e. The van der Waals surface area contributed by atoms with E-state index in [1.165, 1.54) is 6.92 Å². The molecule has 0 bridgehead atoms. The third-order valence-electron chi connectivity index (χ3n) is 2.37. The highest BCUT2D eigenvalue weighted by Gasteiger charge is 2.21. The highest BCUT2D eigenvalue weighted by molar-refractivity contribution is 8.01. The molecule has 6 nitrogen and oxygen atoms in total. The van der Waals surface area contributed by atoms with E-state index < -0.39 is 16.7 Å². The van der Waals surface area contributed by atoms with E-state index in [9.17, 15) is 19.3 Å². The molecule has 1 heterocycles. The molecule has 10 heteroatoms. The van der Waals surface area contributed by atoms with Crippen LogP contribution in [0.25, 0.3) is 0 Å². The molecule has 110 valence electrons. The third-order valence-corrected chi connectivity index (χ3v) is 4.91. The van der Waals surface area contributed by atoms with Crippen molar-refractivity contribution in [2.75, 3.05) is 0 Å². The molecular formula is C11H6ClFN2O4S2. The van der Waals surface area contributed by atoms with Crippen LogP contribution >= 0.6 is 34.7 Å². The fraction of sp³-hybridized carbons (Fsp3) is 0.0909. The maximum absolute atomic E-state index is 13.5. The molecule has 0 spiro atoms. The quantitative estimate of drug-likeness (QED) is 0.663. The van der Waals surface area contributed by atoms with Gasteiger partial charge in [-0.25, -0.2) is 14.2 Å². The number of carboxylic acid groups (broad SMARTS) is 1. The summed E-state index contributed by atoms with van der Waals surface area (Å²) in [5, 5.41) is 19.5. The Kier molecular flexibility index (Phi) is 4.45. The Bertz CT molecular complexity index is 750. The molecule has 2 aromatic rings. The Balaban J connectivity index is 2.44. The standard InChI is InChI=1S/C11H6ClFN2O4S2/c1-4-9(10(16)17)21-11(14-4)20-8-3-6(13)5(12)2-7(8)15(18)19/h2-3H,1H3,(H,16,17). The first-order valence-electron chi connectivity index (χ1n) is 5.31. The molecular weight excluding hydrogens is 343 g/mol. The number of nitro groups is 1. The van der Waals surface area contributed by atoms with Crippen molar-refractivity contribution in [1.82, 2.24) is 4.98 Å². The molecule has 0 saturated heterocycles. The number of rotatable bonds is 4. The van der Waals surface area contributed by atoms with Gasteiger partial charge in [0.25, 0.3) is 5.69 Å². The summed E-state index contributed by atoms with van der Waals surface area (Å²) in [5.41, 5.74) is -0.0665. The van der Waals surface area contributed by atoms with Gasteiger partial charge in [-0.05, 0) is 13.0 Å². The van der Waals surface area contributed by atoms with Crippen molar-refractivity contribution in [3.8, 4) is 0 Å². The maximum atomic E-state index is 13.5. The Hall–Kier alpha value is -1.71. The van der Waals surface area contributed by atoms with Gasteiger partial charge >= 0.3 is 5.97 Å². The third kappa shape index (κ3) is 3.31. The van der Waals surface area contributed by atoms with Crippen LogP contribution in [0.5, 0.6) is 0 Å². The minimum absolute atomic E-state index is 0.00703. The molecule has 0 fully saturated rings. The average Bonchev–Trinajstić information content (AvgIpc) is 2.74. The highest BCUT2D eigenvalue weighted by atomic mass is 35.5. The van der Waals surface area contributed by atoms with Crippen LogP contribution in [0.4, 0.5) is 10.1 Å². The van der Waals surface area contributed by atoms with E-state index in [-0.39, 0.29) is 24.8 Å². The first-order valence-corrected chi connectivity index (χ1v) is 7.32. The summed E-state index contributed by atoms with van der Waals surface area (Å²) in [7, 11) is 0. The molecule has 2 rings (SSSR count). The number of carbonyl (C=O) groups is 1. The summed E-state index contributed by atoms with van der Waals surface area (Å²) in [6.45, 7) is 1.51. The van der Waals surface area contributed by atoms with E-state index in [1.807, 2.05) is 0 Å². The lowest BCUT2D eigenvalue weighted by atomic mass is 10.3. The first-order chi connectivity index (χ1) is 9.79. The number of halogens is 2. The number of thiazole rings is 1. The fourth-order valence-corrected chi connectivity index (χ4v) is 3.70. The van der Waals surface area contributed by atoms with Gasteiger partial charge in [0.1, 0.15) is 10.7 Å². The van der Waals surface area contributed by atoms with Crippen molar-refractivity contribution in [3.05, 3.63) is 43.7 Å². The van der Waals surface area contributed by atoms with E-state index >= 15 is 0 Å². The normalized spacial score (nSPS) is 10.6. The van der Waals surface area contributed by atoms with E-state index in [0.717, 1.165) is 35.2 Å². The summed E-state index contributed by atoms with van der Waals surface area (Å²) in [6, 6.07) is 1.85. The Labute approximate surface area is 130 Å². The van der Waals surface area contributed by atoms with Gasteiger partial charge in [0.15, 0.2) is 4.34 Å². The van der Waals surface area contributed by atoms with Crippen LogP contribution in [0.1, 0.15) is 15.4 Å². The number of aryl methyl sites for hydroxylation is 1. The number of hydrogen-bond donors (Lipinski definition) is 1. The second-order valence-electron chi connectivity index (χ2n) is 3.79. The molecule has 0 saturated carbocycles. The zero-order valence-electron chi connectivity index (χ0n) is 10.3. The number of carboxylic acids is 1. The molecule has 1 N–H and O–H groups in total. The van der Waals surface area contributed by atoms with Gasteiger partial charge in [-0.1, -0.05) is 23.4 Å². The van der Waals surface area contributed by atoms with Gasteiger partial charge in [0.2, 0.25) is 0 Å². The number of nitro benzene ring substituents is 1. The van der Waals surface area contributed by atoms with Gasteiger partial charge in [-0.15, -0.1) is 11.3 Å². The second-order valence-corrected chi connectivity index (χ2v) is 6.49. The predicted octanol–water partition coefficient (Wildman–Crippen LogP) is 4.00. The fourth-order valence-electron chi connectivity index (χ4n) is 1.45. The van der Waals surface area contributed by atoms with Crippen molar-refractivity contribution in [3.63, 3.8) is 0 Å². The van der Waals surface area contributed by atoms with Crippen LogP contribution in [0.15, 0.2) is 21.4 Å². The van der Waals surface area contributed by atoms with Crippen molar-refractivity contribution in [1.29, 1.82) is 0 Å². The average molecular weight is 349 g/mol. The number of nitrogens with zero attached hydrogens (tertiary/aromatic N) is 2. The molecule has 1 aromatic heterocycles. The van der Waals surface area contributed by atoms with Crippen LogP contribution in [0.3, 0.4) is 0 Å². The monoisotopic (exact) mass is 348 g/mol. The van der Waals surface area contributed by atoms with Crippen LogP contribution in [-0.4, -0.2) is 21.0 Å². The zero-order valence-corrected chi connectivity index (χ0v) is 12.7. The van der Waals surface area contributed by atoms with Crippen molar-refractivity contribution in [2.45, 2.75) is 16.2 Å². The molecule has 0 atom stereocenters. The van der Waals surface area contributed by atoms with E-state index in [1.54, 1.807) is 0 Å². The molecule has 0 unspecified atom stereocenters. The molecule has 0 radical (unpaired) electrons. The van der Waals surface area contributed by atoms with Crippen LogP contribution in [-0.2, 0) is 0 Å². The summed E-state index contributed by atoms with van der Waals surface area (Å²) in [6.07, 6.45) is 0. The summed E-state index contributed by atoms with van der Waals surface area (Å²) < 4.78 is 13.7. The molecule has 21 heavy (non-hydrogen) atoms. The van der Waals surface area contributed by atoms with E-state index in [2.05, 4.69) is 4.98 Å². The summed E-state index contributed by atoms with van der Waals surface area (Å²) >= 11 is 7.21. The van der Waals surface area contributed by atoms with Gasteiger partial charge in [0, 0.05) is 6.07 Å². The largest absolute Gasteiger partial charge is 0.477 e. The minimum atomic E-state index is -1.13. The number of aromatic nitrogens is 1. The Morgan fingerprint density at radius 3 is 2.76 bits per heavy atom. The van der Waals surface area contributed by atoms with Gasteiger partial charge in [-0.2, -0.15) is 0 Å².